The Morgan fingerprint density at radius 2 is 1.88 bits per heavy atom. The Balaban J connectivity index is 1.94. The molecule has 2 aromatic rings. The van der Waals surface area contributed by atoms with Gasteiger partial charge in [-0.1, -0.05) is 48.0 Å². The number of hydrogen-bond donors (Lipinski definition) is 1. The summed E-state index contributed by atoms with van der Waals surface area (Å²) in [6.45, 7) is 6.39. The van der Waals surface area contributed by atoms with Crippen LogP contribution in [0.2, 0.25) is 0 Å². The fourth-order valence-corrected chi connectivity index (χ4v) is 2.39. The highest BCUT2D eigenvalue weighted by molar-refractivity contribution is 6.04. The number of carbonyl (C=O) groups excluding carboxylic acids is 1. The van der Waals surface area contributed by atoms with E-state index in [-0.39, 0.29) is 18.0 Å². The second kappa shape index (κ2) is 9.62. The zero-order valence-electron chi connectivity index (χ0n) is 15.2. The largest absolute Gasteiger partial charge is 0.462 e. The van der Waals surface area contributed by atoms with Gasteiger partial charge in [0.15, 0.2) is 0 Å². The highest BCUT2D eigenvalue weighted by Gasteiger charge is 2.11. The molecule has 0 fully saturated rings. The number of rotatable bonds is 6. The number of amidine groups is 1. The van der Waals surface area contributed by atoms with Gasteiger partial charge in [-0.25, -0.2) is 4.99 Å². The van der Waals surface area contributed by atoms with Crippen LogP contribution >= 0.6 is 0 Å². The summed E-state index contributed by atoms with van der Waals surface area (Å²) >= 11 is 0. The third kappa shape index (κ3) is 6.79. The number of amides is 1. The maximum atomic E-state index is 12.4. The maximum absolute atomic E-state index is 12.4. The van der Waals surface area contributed by atoms with Crippen molar-refractivity contribution in [1.29, 1.82) is 0 Å². The molecule has 0 aliphatic carbocycles. The minimum absolute atomic E-state index is 0.0503. The van der Waals surface area contributed by atoms with Crippen molar-refractivity contribution in [2.24, 2.45) is 4.99 Å². The molecule has 4 nitrogen and oxygen atoms in total. The first-order valence-electron chi connectivity index (χ1n) is 8.67. The van der Waals surface area contributed by atoms with E-state index >= 15 is 0 Å². The van der Waals surface area contributed by atoms with E-state index in [1.165, 1.54) is 5.56 Å². The van der Waals surface area contributed by atoms with E-state index in [1.54, 1.807) is 6.07 Å². The molecule has 0 saturated heterocycles. The van der Waals surface area contributed by atoms with Gasteiger partial charge in [0.1, 0.15) is 0 Å². The molecule has 0 aliphatic heterocycles. The van der Waals surface area contributed by atoms with Gasteiger partial charge in [-0.3, -0.25) is 10.1 Å². The van der Waals surface area contributed by atoms with Crippen molar-refractivity contribution in [3.8, 4) is 0 Å². The van der Waals surface area contributed by atoms with Crippen LogP contribution in [0.15, 0.2) is 59.6 Å². The van der Waals surface area contributed by atoms with Gasteiger partial charge in [0, 0.05) is 12.1 Å². The molecule has 0 aliphatic rings. The molecule has 0 heterocycles. The van der Waals surface area contributed by atoms with Crippen molar-refractivity contribution in [2.45, 2.75) is 39.7 Å². The molecule has 0 bridgehead atoms. The van der Waals surface area contributed by atoms with Crippen molar-refractivity contribution in [1.82, 2.24) is 5.32 Å². The number of ether oxygens (including phenoxy) is 1. The quantitative estimate of drug-likeness (QED) is 0.489. The second-order valence-corrected chi connectivity index (χ2v) is 6.27. The van der Waals surface area contributed by atoms with Gasteiger partial charge >= 0.3 is 0 Å². The Kier molecular flexibility index (Phi) is 7.20. The molecule has 0 aromatic heterocycles. The molecule has 0 atom stereocenters. The Morgan fingerprint density at radius 3 is 2.56 bits per heavy atom. The van der Waals surface area contributed by atoms with E-state index in [2.05, 4.69) is 22.4 Å². The van der Waals surface area contributed by atoms with Gasteiger partial charge in [0.2, 0.25) is 0 Å². The first-order chi connectivity index (χ1) is 12.0. The van der Waals surface area contributed by atoms with Crippen LogP contribution in [-0.4, -0.2) is 24.6 Å². The average Bonchev–Trinajstić information content (AvgIpc) is 2.59. The fourth-order valence-electron chi connectivity index (χ4n) is 2.39. The smallest absolute Gasteiger partial charge is 0.291 e. The third-order valence-corrected chi connectivity index (χ3v) is 3.57. The van der Waals surface area contributed by atoms with Crippen LogP contribution in [0.5, 0.6) is 0 Å². The number of aliphatic imine (C=N–C) groups is 1. The van der Waals surface area contributed by atoms with Gasteiger partial charge in [0.25, 0.3) is 11.9 Å². The molecule has 4 heteroatoms. The van der Waals surface area contributed by atoms with Crippen LogP contribution in [0, 0.1) is 6.92 Å². The topological polar surface area (TPSA) is 50.7 Å². The molecule has 0 saturated carbocycles. The van der Waals surface area contributed by atoms with Crippen LogP contribution in [0.25, 0.3) is 0 Å². The lowest BCUT2D eigenvalue weighted by molar-refractivity contribution is 0.0959. The van der Waals surface area contributed by atoms with Crippen molar-refractivity contribution < 1.29 is 9.53 Å². The minimum atomic E-state index is -0.203. The van der Waals surface area contributed by atoms with Crippen LogP contribution in [-0.2, 0) is 11.2 Å². The molecule has 0 unspecified atom stereocenters. The molecular formula is C21H26N2O2. The maximum Gasteiger partial charge on any atom is 0.291 e. The number of benzene rings is 2. The summed E-state index contributed by atoms with van der Waals surface area (Å²) in [7, 11) is 0. The molecule has 0 radical (unpaired) electrons. The lowest BCUT2D eigenvalue weighted by Gasteiger charge is -2.13. The van der Waals surface area contributed by atoms with Crippen molar-refractivity contribution in [2.75, 3.05) is 6.54 Å². The molecule has 2 rings (SSSR count). The molecule has 25 heavy (non-hydrogen) atoms. The molecule has 1 amide bonds. The van der Waals surface area contributed by atoms with Gasteiger partial charge in [-0.15, -0.1) is 0 Å². The second-order valence-electron chi connectivity index (χ2n) is 6.27. The van der Waals surface area contributed by atoms with E-state index in [1.807, 2.05) is 57.2 Å². The number of aryl methyl sites for hydroxylation is 2. The van der Waals surface area contributed by atoms with E-state index < -0.39 is 0 Å². The minimum Gasteiger partial charge on any atom is -0.462 e. The predicted octanol–water partition coefficient (Wildman–Crippen LogP) is 4.14. The van der Waals surface area contributed by atoms with Crippen molar-refractivity contribution in [3.05, 3.63) is 71.3 Å². The number of hydrogen-bond acceptors (Lipinski definition) is 3. The van der Waals surface area contributed by atoms with Crippen LogP contribution in [0.1, 0.15) is 41.8 Å². The van der Waals surface area contributed by atoms with E-state index in [0.717, 1.165) is 18.4 Å². The Bertz CT molecular complexity index is 709. The summed E-state index contributed by atoms with van der Waals surface area (Å²) in [6, 6.07) is 18.0. The Hall–Kier alpha value is -2.62. The first kappa shape index (κ1) is 18.7. The van der Waals surface area contributed by atoms with Gasteiger partial charge in [0.05, 0.1) is 6.10 Å². The summed E-state index contributed by atoms with van der Waals surface area (Å²) in [5, 5.41) is 2.78. The summed E-state index contributed by atoms with van der Waals surface area (Å²) in [6.07, 6.45) is 1.80. The molecule has 132 valence electrons. The summed E-state index contributed by atoms with van der Waals surface area (Å²) in [5.74, 6) is -0.203. The monoisotopic (exact) mass is 338 g/mol. The number of carbonyl (C=O) groups is 1. The van der Waals surface area contributed by atoms with Crippen LogP contribution in [0.3, 0.4) is 0 Å². The lowest BCUT2D eigenvalue weighted by atomic mass is 10.1. The Morgan fingerprint density at radius 1 is 1.12 bits per heavy atom. The van der Waals surface area contributed by atoms with E-state index in [9.17, 15) is 4.79 Å². The summed E-state index contributed by atoms with van der Waals surface area (Å²) in [5.41, 5.74) is 2.93. The highest BCUT2D eigenvalue weighted by atomic mass is 16.5. The normalized spacial score (nSPS) is 11.4. The fraction of sp³-hybridized carbons (Fsp3) is 0.333. The predicted molar refractivity (Wildman–Crippen MR) is 102 cm³/mol. The zero-order valence-corrected chi connectivity index (χ0v) is 15.2. The lowest BCUT2D eigenvalue weighted by Crippen LogP contribution is -2.34. The molecular weight excluding hydrogens is 312 g/mol. The third-order valence-electron chi connectivity index (χ3n) is 3.57. The van der Waals surface area contributed by atoms with Crippen LogP contribution < -0.4 is 5.32 Å². The van der Waals surface area contributed by atoms with E-state index in [4.69, 9.17) is 4.74 Å². The number of nitrogens with zero attached hydrogens (tertiary/aromatic N) is 1. The van der Waals surface area contributed by atoms with Gasteiger partial charge in [-0.2, -0.15) is 0 Å². The van der Waals surface area contributed by atoms with Crippen LogP contribution in [0.4, 0.5) is 0 Å². The summed E-state index contributed by atoms with van der Waals surface area (Å²) in [4.78, 5) is 16.8. The first-order valence-corrected chi connectivity index (χ1v) is 8.67. The number of nitrogens with one attached hydrogen (secondary N) is 1. The van der Waals surface area contributed by atoms with E-state index in [0.29, 0.717) is 12.1 Å². The Labute approximate surface area is 149 Å². The van der Waals surface area contributed by atoms with Crippen molar-refractivity contribution in [3.63, 3.8) is 0 Å². The van der Waals surface area contributed by atoms with Crippen molar-refractivity contribution >= 4 is 11.9 Å². The van der Waals surface area contributed by atoms with Gasteiger partial charge < -0.3 is 4.74 Å². The molecule has 0 spiro atoms. The van der Waals surface area contributed by atoms with Gasteiger partial charge in [-0.05, 0) is 51.3 Å². The zero-order chi connectivity index (χ0) is 18.1. The SMILES string of the molecule is Cc1cccc(C(=O)NC(=NCCCc2ccccc2)OC(C)C)c1. The molecule has 2 aromatic carbocycles. The molecule has 1 N–H and O–H groups in total. The highest BCUT2D eigenvalue weighted by Crippen LogP contribution is 2.05. The summed E-state index contributed by atoms with van der Waals surface area (Å²) < 4.78 is 5.64. The average molecular weight is 338 g/mol. The standard InChI is InChI=1S/C21H26N2O2/c1-16(2)25-21(22-14-8-12-18-10-5-4-6-11-18)23-20(24)19-13-7-9-17(3)15-19/h4-7,9-11,13,15-16H,8,12,14H2,1-3H3,(H,22,23,24).